The van der Waals surface area contributed by atoms with E-state index in [-0.39, 0.29) is 6.61 Å². The van der Waals surface area contributed by atoms with Gasteiger partial charge in [0.2, 0.25) is 0 Å². The van der Waals surface area contributed by atoms with E-state index < -0.39 is 6.67 Å². The van der Waals surface area contributed by atoms with Crippen molar-refractivity contribution in [2.24, 2.45) is 0 Å². The first-order valence-electron chi connectivity index (χ1n) is 4.35. The molecule has 0 saturated carbocycles. The zero-order valence-electron chi connectivity index (χ0n) is 7.71. The van der Waals surface area contributed by atoms with Crippen molar-refractivity contribution in [3.8, 4) is 5.75 Å². The normalized spacial score (nSPS) is 10.1. The molecule has 0 aromatic heterocycles. The van der Waals surface area contributed by atoms with E-state index in [0.29, 0.717) is 13.2 Å². The van der Waals surface area contributed by atoms with E-state index in [9.17, 15) is 4.39 Å². The molecule has 0 aliphatic rings. The van der Waals surface area contributed by atoms with Gasteiger partial charge in [-0.15, -0.1) is 0 Å². The van der Waals surface area contributed by atoms with Gasteiger partial charge < -0.3 is 9.47 Å². The second-order valence-corrected chi connectivity index (χ2v) is 3.52. The van der Waals surface area contributed by atoms with Crippen molar-refractivity contribution in [1.82, 2.24) is 0 Å². The molecule has 14 heavy (non-hydrogen) atoms. The Morgan fingerprint density at radius 1 is 1.07 bits per heavy atom. The zero-order valence-corrected chi connectivity index (χ0v) is 9.30. The van der Waals surface area contributed by atoms with E-state index in [0.717, 1.165) is 10.2 Å². The highest BCUT2D eigenvalue weighted by Crippen LogP contribution is 2.15. The minimum atomic E-state index is -0.446. The zero-order chi connectivity index (χ0) is 10.2. The average Bonchev–Trinajstić information content (AvgIpc) is 2.21. The third-order valence-corrected chi connectivity index (χ3v) is 2.06. The number of alkyl halides is 1. The highest BCUT2D eigenvalue weighted by Gasteiger charge is 1.93. The number of benzene rings is 1. The third-order valence-electron chi connectivity index (χ3n) is 1.53. The molecule has 1 aromatic carbocycles. The molecule has 0 fully saturated rings. The van der Waals surface area contributed by atoms with Crippen molar-refractivity contribution in [2.45, 2.75) is 0 Å². The molecule has 0 amide bonds. The lowest BCUT2D eigenvalue weighted by Gasteiger charge is -2.05. The molecule has 0 spiro atoms. The Morgan fingerprint density at radius 3 is 2.43 bits per heavy atom. The first-order valence-corrected chi connectivity index (χ1v) is 5.14. The molecule has 1 rings (SSSR count). The van der Waals surface area contributed by atoms with Gasteiger partial charge in [0.15, 0.2) is 0 Å². The fraction of sp³-hybridized carbons (Fsp3) is 0.400. The predicted molar refractivity (Wildman–Crippen MR) is 56.4 cm³/mol. The molecule has 0 radical (unpaired) electrons. The van der Waals surface area contributed by atoms with Crippen LogP contribution in [0.5, 0.6) is 5.75 Å². The monoisotopic (exact) mass is 262 g/mol. The fourth-order valence-corrected chi connectivity index (χ4v) is 1.17. The smallest absolute Gasteiger partial charge is 0.119 e. The number of rotatable bonds is 6. The van der Waals surface area contributed by atoms with Crippen LogP contribution < -0.4 is 4.74 Å². The van der Waals surface area contributed by atoms with E-state index in [1.807, 2.05) is 24.3 Å². The van der Waals surface area contributed by atoms with Crippen LogP contribution in [0.25, 0.3) is 0 Å². The molecule has 2 nitrogen and oxygen atoms in total. The summed E-state index contributed by atoms with van der Waals surface area (Å²) in [6, 6.07) is 7.52. The van der Waals surface area contributed by atoms with E-state index in [2.05, 4.69) is 15.9 Å². The van der Waals surface area contributed by atoms with Crippen LogP contribution in [0, 0.1) is 0 Å². The molecule has 0 heterocycles. The Hall–Kier alpha value is -0.610. The number of halogens is 2. The summed E-state index contributed by atoms with van der Waals surface area (Å²) in [7, 11) is 0. The van der Waals surface area contributed by atoms with Gasteiger partial charge in [-0.1, -0.05) is 15.9 Å². The van der Waals surface area contributed by atoms with Crippen LogP contribution in [0.15, 0.2) is 28.7 Å². The van der Waals surface area contributed by atoms with Gasteiger partial charge in [-0.25, -0.2) is 4.39 Å². The third kappa shape index (κ3) is 4.58. The second kappa shape index (κ2) is 6.79. The largest absolute Gasteiger partial charge is 0.491 e. The van der Waals surface area contributed by atoms with Crippen molar-refractivity contribution < 1.29 is 13.9 Å². The summed E-state index contributed by atoms with van der Waals surface area (Å²) in [5.41, 5.74) is 0. The fourth-order valence-electron chi connectivity index (χ4n) is 0.906. The van der Waals surface area contributed by atoms with Gasteiger partial charge in [0.25, 0.3) is 0 Å². The first kappa shape index (κ1) is 11.5. The molecular weight excluding hydrogens is 251 g/mol. The Balaban J connectivity index is 2.15. The summed E-state index contributed by atoms with van der Waals surface area (Å²) < 4.78 is 22.9. The molecule has 0 bridgehead atoms. The van der Waals surface area contributed by atoms with E-state index in [1.165, 1.54) is 0 Å². The standard InChI is InChI=1S/C10H12BrFO2/c11-9-1-3-10(4-2-9)14-8-7-13-6-5-12/h1-4H,5-8H2. The predicted octanol–water partition coefficient (Wildman–Crippen LogP) is 2.81. The summed E-state index contributed by atoms with van der Waals surface area (Å²) in [4.78, 5) is 0. The highest BCUT2D eigenvalue weighted by atomic mass is 79.9. The number of ether oxygens (including phenoxy) is 2. The van der Waals surface area contributed by atoms with Crippen molar-refractivity contribution >= 4 is 15.9 Å². The molecule has 0 N–H and O–H groups in total. The van der Waals surface area contributed by atoms with Crippen LogP contribution in [-0.2, 0) is 4.74 Å². The molecule has 0 aliphatic carbocycles. The second-order valence-electron chi connectivity index (χ2n) is 2.60. The van der Waals surface area contributed by atoms with Gasteiger partial charge in [0, 0.05) is 4.47 Å². The Kier molecular flexibility index (Phi) is 5.56. The number of hydrogen-bond acceptors (Lipinski definition) is 2. The summed E-state index contributed by atoms with van der Waals surface area (Å²) >= 11 is 3.33. The van der Waals surface area contributed by atoms with Gasteiger partial charge in [-0.2, -0.15) is 0 Å². The lowest BCUT2D eigenvalue weighted by atomic mass is 10.3. The lowest BCUT2D eigenvalue weighted by Crippen LogP contribution is -2.07. The van der Waals surface area contributed by atoms with Crippen molar-refractivity contribution in [1.29, 1.82) is 0 Å². The van der Waals surface area contributed by atoms with Crippen LogP contribution in [0.2, 0.25) is 0 Å². The van der Waals surface area contributed by atoms with E-state index >= 15 is 0 Å². The Morgan fingerprint density at radius 2 is 1.79 bits per heavy atom. The SMILES string of the molecule is FCCOCCOc1ccc(Br)cc1. The molecule has 1 aromatic rings. The van der Waals surface area contributed by atoms with Gasteiger partial charge in [-0.05, 0) is 24.3 Å². The maximum absolute atomic E-state index is 11.6. The highest BCUT2D eigenvalue weighted by molar-refractivity contribution is 9.10. The first-order chi connectivity index (χ1) is 6.83. The summed E-state index contributed by atoms with van der Waals surface area (Å²) in [6.45, 7) is 0.559. The number of hydrogen-bond donors (Lipinski definition) is 0. The molecule has 78 valence electrons. The Bertz CT molecular complexity index is 251. The minimum Gasteiger partial charge on any atom is -0.491 e. The van der Waals surface area contributed by atoms with E-state index in [4.69, 9.17) is 9.47 Å². The maximum Gasteiger partial charge on any atom is 0.119 e. The van der Waals surface area contributed by atoms with Gasteiger partial charge >= 0.3 is 0 Å². The van der Waals surface area contributed by atoms with Crippen LogP contribution in [0.4, 0.5) is 4.39 Å². The van der Waals surface area contributed by atoms with E-state index in [1.54, 1.807) is 0 Å². The van der Waals surface area contributed by atoms with Gasteiger partial charge in [0.05, 0.1) is 13.2 Å². The molecule has 0 saturated heterocycles. The average molecular weight is 263 g/mol. The molecule has 0 unspecified atom stereocenters. The molecule has 4 heteroatoms. The van der Waals surface area contributed by atoms with Crippen molar-refractivity contribution in [3.05, 3.63) is 28.7 Å². The molecule has 0 aliphatic heterocycles. The van der Waals surface area contributed by atoms with Crippen molar-refractivity contribution in [2.75, 3.05) is 26.5 Å². The Labute approximate surface area is 91.2 Å². The van der Waals surface area contributed by atoms with Crippen LogP contribution >= 0.6 is 15.9 Å². The van der Waals surface area contributed by atoms with Crippen LogP contribution in [-0.4, -0.2) is 26.5 Å². The van der Waals surface area contributed by atoms with Crippen LogP contribution in [0.1, 0.15) is 0 Å². The van der Waals surface area contributed by atoms with Gasteiger partial charge in [-0.3, -0.25) is 0 Å². The summed E-state index contributed by atoms with van der Waals surface area (Å²) in [5.74, 6) is 0.789. The lowest BCUT2D eigenvalue weighted by molar-refractivity contribution is 0.0897. The topological polar surface area (TPSA) is 18.5 Å². The summed E-state index contributed by atoms with van der Waals surface area (Å²) in [5, 5.41) is 0. The van der Waals surface area contributed by atoms with Crippen LogP contribution in [0.3, 0.4) is 0 Å². The molecule has 0 atom stereocenters. The maximum atomic E-state index is 11.6. The minimum absolute atomic E-state index is 0.143. The van der Waals surface area contributed by atoms with Gasteiger partial charge in [0.1, 0.15) is 19.0 Å². The van der Waals surface area contributed by atoms with Crippen molar-refractivity contribution in [3.63, 3.8) is 0 Å². The summed E-state index contributed by atoms with van der Waals surface area (Å²) in [6.07, 6.45) is 0. The quantitative estimate of drug-likeness (QED) is 0.735. The molecular formula is C10H12BrFO2.